The Bertz CT molecular complexity index is 1270. The Morgan fingerprint density at radius 3 is 1.62 bits per heavy atom. The summed E-state index contributed by atoms with van der Waals surface area (Å²) in [5, 5.41) is 0. The Labute approximate surface area is 332 Å². The molecule has 0 radical (unpaired) electrons. The number of phosphoric acid groups is 1. The number of ether oxygens (including phenoxy) is 3. The van der Waals surface area contributed by atoms with Gasteiger partial charge in [0.15, 0.2) is 6.10 Å². The van der Waals surface area contributed by atoms with Gasteiger partial charge in [0.05, 0.1) is 18.8 Å². The molecule has 55 heavy (non-hydrogen) atoms. The molecule has 0 amide bonds. The van der Waals surface area contributed by atoms with Crippen molar-refractivity contribution in [1.82, 2.24) is 0 Å². The Balaban J connectivity index is 2.16. The maximum absolute atomic E-state index is 12.4. The number of carbonyl (C=O) groups excluding carboxylic acids is 2. The lowest BCUT2D eigenvalue weighted by atomic mass is 10.1. The van der Waals surface area contributed by atoms with Crippen molar-refractivity contribution in [3.05, 3.63) is 97.2 Å². The summed E-state index contributed by atoms with van der Waals surface area (Å²) in [5.74, 6) is -1.01. The number of allylic oxidation sites excluding steroid dienone is 14. The van der Waals surface area contributed by atoms with Gasteiger partial charge in [-0.05, 0) is 96.3 Å². The van der Waals surface area contributed by atoms with Crippen LogP contribution in [0, 0.1) is 0 Å². The van der Waals surface area contributed by atoms with Gasteiger partial charge in [0.2, 0.25) is 0 Å². The molecule has 0 aromatic heterocycles. The van der Waals surface area contributed by atoms with Crippen LogP contribution in [0.5, 0.6) is 0 Å². The summed E-state index contributed by atoms with van der Waals surface area (Å²) in [6, 6.07) is 0. The summed E-state index contributed by atoms with van der Waals surface area (Å²) < 4.78 is 32.1. The number of esters is 2. The first-order chi connectivity index (χ1) is 26.7. The van der Waals surface area contributed by atoms with Crippen molar-refractivity contribution in [2.45, 2.75) is 161 Å². The molecule has 0 saturated carbocycles. The second kappa shape index (κ2) is 35.4. The molecular weight excluding hydrogens is 715 g/mol. The van der Waals surface area contributed by atoms with Crippen LogP contribution in [0.25, 0.3) is 0 Å². The quantitative estimate of drug-likeness (QED) is 0.0212. The van der Waals surface area contributed by atoms with Crippen LogP contribution in [0.2, 0.25) is 0 Å². The summed E-state index contributed by atoms with van der Waals surface area (Å²) in [5.41, 5.74) is 0. The Morgan fingerprint density at radius 2 is 1.05 bits per heavy atom. The Morgan fingerprint density at radius 1 is 0.582 bits per heavy atom. The monoisotopic (exact) mass is 786 g/mol. The van der Waals surface area contributed by atoms with Crippen LogP contribution in [0.3, 0.4) is 0 Å². The lowest BCUT2D eigenvalue weighted by Crippen LogP contribution is -2.29. The summed E-state index contributed by atoms with van der Waals surface area (Å²) in [7, 11) is -4.79. The molecule has 3 atom stereocenters. The molecule has 0 aromatic carbocycles. The average molecular weight is 787 g/mol. The van der Waals surface area contributed by atoms with Crippen LogP contribution in [0.1, 0.15) is 142 Å². The van der Waals surface area contributed by atoms with Crippen LogP contribution in [0.15, 0.2) is 97.2 Å². The second-order valence-electron chi connectivity index (χ2n) is 13.6. The number of rotatable bonds is 35. The standard InChI is InChI=1S/C45H71O9P/c1-3-5-7-9-11-13-14-15-16-17-18-19-20-21-22-24-26-28-33-37-44(46)51-39-41(40-52-55(48,49)50)53-45(47)38-34-30-29-32-36-43-42(54-43)35-31-27-25-23-12-10-8-6-4-2/h5,7,11-13,15-16,18-19,21-23,27,29,31-32,41-43H,3-4,6,8-10,14,17,20,24-26,28,30,33-40H2,1-2H3,(H2,48,49,50)/b7-5-,13-11-,16-15-,19-18-,22-21-,23-12-,31-27-,32-29-/t41-,42?,43?/m1/s1. The van der Waals surface area contributed by atoms with Gasteiger partial charge >= 0.3 is 19.8 Å². The van der Waals surface area contributed by atoms with Gasteiger partial charge in [-0.3, -0.25) is 14.1 Å². The SMILES string of the molecule is CC/C=C\C/C=C\C/C=C\C/C=C\C/C=C\CCCCCC(=O)OC[C@H](COP(=O)(O)O)OC(=O)CCC/C=C\CC1OC1C/C=C\C/C=C\CCCCC. The smallest absolute Gasteiger partial charge is 0.462 e. The van der Waals surface area contributed by atoms with Gasteiger partial charge in [-0.15, -0.1) is 0 Å². The molecule has 0 spiro atoms. The minimum absolute atomic E-state index is 0.114. The highest BCUT2D eigenvalue weighted by atomic mass is 31.2. The van der Waals surface area contributed by atoms with Crippen molar-refractivity contribution in [3.8, 4) is 0 Å². The van der Waals surface area contributed by atoms with Gasteiger partial charge in [-0.2, -0.15) is 0 Å². The second-order valence-corrected chi connectivity index (χ2v) is 14.9. The van der Waals surface area contributed by atoms with Crippen molar-refractivity contribution >= 4 is 19.8 Å². The highest BCUT2D eigenvalue weighted by molar-refractivity contribution is 7.46. The zero-order valence-corrected chi connectivity index (χ0v) is 34.6. The first kappa shape index (κ1) is 49.9. The third kappa shape index (κ3) is 35.1. The van der Waals surface area contributed by atoms with Crippen LogP contribution < -0.4 is 0 Å². The number of hydrogen-bond acceptors (Lipinski definition) is 7. The molecule has 9 nitrogen and oxygen atoms in total. The maximum Gasteiger partial charge on any atom is 0.469 e. The van der Waals surface area contributed by atoms with E-state index in [2.05, 4.69) is 110 Å². The molecule has 2 unspecified atom stereocenters. The maximum atomic E-state index is 12.4. The molecule has 10 heteroatoms. The van der Waals surface area contributed by atoms with E-state index < -0.39 is 32.5 Å². The summed E-state index contributed by atoms with van der Waals surface area (Å²) in [4.78, 5) is 42.9. The minimum atomic E-state index is -4.79. The third-order valence-electron chi connectivity index (χ3n) is 8.49. The van der Waals surface area contributed by atoms with Gasteiger partial charge in [-0.1, -0.05) is 130 Å². The molecule has 0 bridgehead atoms. The highest BCUT2D eigenvalue weighted by Gasteiger charge is 2.36. The predicted octanol–water partition coefficient (Wildman–Crippen LogP) is 11.6. The topological polar surface area (TPSA) is 132 Å². The van der Waals surface area contributed by atoms with Gasteiger partial charge in [-0.25, -0.2) is 4.57 Å². The fraction of sp³-hybridized carbons (Fsp3) is 0.600. The summed E-state index contributed by atoms with van der Waals surface area (Å²) >= 11 is 0. The van der Waals surface area contributed by atoms with E-state index in [1.54, 1.807) is 0 Å². The van der Waals surface area contributed by atoms with Crippen molar-refractivity contribution in [2.24, 2.45) is 0 Å². The van der Waals surface area contributed by atoms with E-state index in [9.17, 15) is 14.2 Å². The Kier molecular flexibility index (Phi) is 32.1. The van der Waals surface area contributed by atoms with E-state index in [-0.39, 0.29) is 31.7 Å². The molecule has 0 aromatic rings. The molecule has 310 valence electrons. The molecular formula is C45H71O9P. The normalized spacial score (nSPS) is 17.2. The van der Waals surface area contributed by atoms with E-state index in [0.717, 1.165) is 77.0 Å². The van der Waals surface area contributed by atoms with E-state index in [1.165, 1.54) is 19.3 Å². The summed E-state index contributed by atoms with van der Waals surface area (Å²) in [6.45, 7) is 3.44. The summed E-state index contributed by atoms with van der Waals surface area (Å²) in [6.07, 6.45) is 51.5. The van der Waals surface area contributed by atoms with Crippen LogP contribution in [-0.4, -0.2) is 53.3 Å². The van der Waals surface area contributed by atoms with E-state index in [0.29, 0.717) is 19.3 Å². The van der Waals surface area contributed by atoms with Crippen LogP contribution >= 0.6 is 7.82 Å². The van der Waals surface area contributed by atoms with Crippen LogP contribution in [-0.2, 0) is 32.9 Å². The largest absolute Gasteiger partial charge is 0.469 e. The predicted molar refractivity (Wildman–Crippen MR) is 224 cm³/mol. The minimum Gasteiger partial charge on any atom is -0.462 e. The molecule has 1 aliphatic heterocycles. The molecule has 1 aliphatic rings. The van der Waals surface area contributed by atoms with Crippen molar-refractivity contribution in [3.63, 3.8) is 0 Å². The number of epoxide rings is 1. The van der Waals surface area contributed by atoms with Crippen LogP contribution in [0.4, 0.5) is 0 Å². The molecule has 2 N–H and O–H groups in total. The zero-order chi connectivity index (χ0) is 40.1. The van der Waals surface area contributed by atoms with Gasteiger partial charge in [0.1, 0.15) is 6.61 Å². The van der Waals surface area contributed by atoms with Gasteiger partial charge < -0.3 is 24.0 Å². The van der Waals surface area contributed by atoms with Crippen molar-refractivity contribution in [1.29, 1.82) is 0 Å². The van der Waals surface area contributed by atoms with E-state index >= 15 is 0 Å². The fourth-order valence-corrected chi connectivity index (χ4v) is 5.67. The number of phosphoric ester groups is 1. The Hall–Kier alpha value is -3.07. The lowest BCUT2D eigenvalue weighted by Gasteiger charge is -2.18. The molecule has 1 rings (SSSR count). The van der Waals surface area contributed by atoms with E-state index in [4.69, 9.17) is 24.0 Å². The highest BCUT2D eigenvalue weighted by Crippen LogP contribution is 2.36. The van der Waals surface area contributed by atoms with Crippen molar-refractivity contribution in [2.75, 3.05) is 13.2 Å². The molecule has 1 fully saturated rings. The fourth-order valence-electron chi connectivity index (χ4n) is 5.31. The first-order valence-corrected chi connectivity index (χ1v) is 22.2. The number of carbonyl (C=O) groups is 2. The van der Waals surface area contributed by atoms with E-state index in [1.807, 2.05) is 6.08 Å². The van der Waals surface area contributed by atoms with Crippen molar-refractivity contribution < 1.29 is 42.7 Å². The number of hydrogen-bond donors (Lipinski definition) is 2. The third-order valence-corrected chi connectivity index (χ3v) is 8.97. The number of unbranched alkanes of at least 4 members (excludes halogenated alkanes) is 7. The molecule has 1 saturated heterocycles. The zero-order valence-electron chi connectivity index (χ0n) is 33.7. The van der Waals surface area contributed by atoms with Gasteiger partial charge in [0, 0.05) is 12.8 Å². The average Bonchev–Trinajstić information content (AvgIpc) is 3.91. The lowest BCUT2D eigenvalue weighted by molar-refractivity contribution is -0.161. The van der Waals surface area contributed by atoms with Gasteiger partial charge in [0.25, 0.3) is 0 Å². The first-order valence-electron chi connectivity index (χ1n) is 20.7. The molecule has 1 heterocycles. The molecule has 0 aliphatic carbocycles.